The van der Waals surface area contributed by atoms with Crippen molar-refractivity contribution in [2.45, 2.75) is 6.42 Å². The highest BCUT2D eigenvalue weighted by Crippen LogP contribution is 2.31. The minimum atomic E-state index is -0.876. The summed E-state index contributed by atoms with van der Waals surface area (Å²) in [4.78, 5) is 25.4. The quantitative estimate of drug-likeness (QED) is 0.937. The monoisotopic (exact) mass is 326 g/mol. The van der Waals surface area contributed by atoms with Gasteiger partial charge in [0.1, 0.15) is 0 Å². The molecule has 1 amide bonds. The predicted molar refractivity (Wildman–Crippen MR) is 76.5 cm³/mol. The molecule has 8 heteroatoms. The van der Waals surface area contributed by atoms with Crippen molar-refractivity contribution in [3.8, 4) is 10.6 Å². The maximum atomic E-state index is 12.3. The number of hydrogen-bond donors (Lipinski definition) is 1. The summed E-state index contributed by atoms with van der Waals surface area (Å²) < 4.78 is 5.78. The third kappa shape index (κ3) is 2.79. The summed E-state index contributed by atoms with van der Waals surface area (Å²) in [6.07, 6.45) is 0.465. The van der Waals surface area contributed by atoms with Crippen LogP contribution in [0.3, 0.4) is 0 Å². The molecule has 110 valence electrons. The summed E-state index contributed by atoms with van der Waals surface area (Å²) in [5, 5.41) is 12.7. The highest BCUT2D eigenvalue weighted by atomic mass is 35.5. The second-order valence-corrected chi connectivity index (χ2v) is 6.47. The second kappa shape index (κ2) is 5.50. The molecule has 1 aliphatic rings. The number of hydrogen-bond acceptors (Lipinski definition) is 5. The molecule has 2 aromatic heterocycles. The molecule has 0 aromatic carbocycles. The molecule has 1 N–H and O–H groups in total. The summed E-state index contributed by atoms with van der Waals surface area (Å²) in [7, 11) is 0. The fourth-order valence-corrected chi connectivity index (χ4v) is 3.24. The highest BCUT2D eigenvalue weighted by molar-refractivity contribution is 7.19. The van der Waals surface area contributed by atoms with E-state index in [-0.39, 0.29) is 18.1 Å². The Bertz CT molecular complexity index is 696. The van der Waals surface area contributed by atoms with Gasteiger partial charge in [-0.05, 0) is 18.6 Å². The van der Waals surface area contributed by atoms with Crippen molar-refractivity contribution in [3.63, 3.8) is 0 Å². The fraction of sp³-hybridized carbons (Fsp3) is 0.308. The van der Waals surface area contributed by atoms with E-state index in [2.05, 4.69) is 5.16 Å². The molecule has 1 atom stereocenters. The van der Waals surface area contributed by atoms with E-state index >= 15 is 0 Å². The summed E-state index contributed by atoms with van der Waals surface area (Å²) in [6, 6.07) is 5.08. The zero-order valence-electron chi connectivity index (χ0n) is 10.8. The van der Waals surface area contributed by atoms with Gasteiger partial charge >= 0.3 is 5.97 Å². The number of carboxylic acid groups (broad SMARTS) is 1. The maximum Gasteiger partial charge on any atom is 0.308 e. The molecule has 2 aromatic rings. The van der Waals surface area contributed by atoms with Gasteiger partial charge in [0.25, 0.3) is 5.91 Å². The van der Waals surface area contributed by atoms with Gasteiger partial charge in [-0.15, -0.1) is 11.3 Å². The summed E-state index contributed by atoms with van der Waals surface area (Å²) in [5.41, 5.74) is 0.181. The zero-order chi connectivity index (χ0) is 15.0. The third-order valence-corrected chi connectivity index (χ3v) is 4.62. The molecule has 21 heavy (non-hydrogen) atoms. The molecule has 1 aliphatic heterocycles. The Morgan fingerprint density at radius 3 is 2.90 bits per heavy atom. The number of amides is 1. The topological polar surface area (TPSA) is 83.6 Å². The van der Waals surface area contributed by atoms with Gasteiger partial charge in [0.15, 0.2) is 11.5 Å². The normalized spacial score (nSPS) is 18.1. The highest BCUT2D eigenvalue weighted by Gasteiger charge is 2.32. The Kier molecular flexibility index (Phi) is 3.69. The number of carbonyl (C=O) groups is 2. The van der Waals surface area contributed by atoms with E-state index in [1.54, 1.807) is 18.2 Å². The number of rotatable bonds is 3. The smallest absolute Gasteiger partial charge is 0.308 e. The van der Waals surface area contributed by atoms with Crippen molar-refractivity contribution in [1.29, 1.82) is 0 Å². The summed E-state index contributed by atoms with van der Waals surface area (Å²) in [6.45, 7) is 0.629. The van der Waals surface area contributed by atoms with Crippen LogP contribution in [0.25, 0.3) is 10.6 Å². The number of carboxylic acids is 1. The molecule has 1 unspecified atom stereocenters. The number of halogens is 1. The second-order valence-electron chi connectivity index (χ2n) is 4.76. The van der Waals surface area contributed by atoms with E-state index in [1.165, 1.54) is 16.2 Å². The average molecular weight is 327 g/mol. The fourth-order valence-electron chi connectivity index (χ4n) is 2.25. The molecule has 0 aliphatic carbocycles. The molecule has 0 bridgehead atoms. The molecular weight excluding hydrogens is 316 g/mol. The molecular formula is C13H11ClN2O4S. The van der Waals surface area contributed by atoms with Crippen LogP contribution in [0.5, 0.6) is 0 Å². The average Bonchev–Trinajstić information content (AvgIpc) is 3.17. The van der Waals surface area contributed by atoms with Crippen LogP contribution in [-0.2, 0) is 4.79 Å². The summed E-state index contributed by atoms with van der Waals surface area (Å²) in [5.74, 6) is -1.21. The molecule has 0 saturated carbocycles. The van der Waals surface area contributed by atoms with Gasteiger partial charge in [-0.1, -0.05) is 16.8 Å². The Labute approximate surface area is 128 Å². The number of aliphatic carboxylic acids is 1. The van der Waals surface area contributed by atoms with E-state index in [0.717, 1.165) is 4.88 Å². The Balaban J connectivity index is 1.74. The van der Waals surface area contributed by atoms with Crippen molar-refractivity contribution < 1.29 is 19.2 Å². The van der Waals surface area contributed by atoms with E-state index in [9.17, 15) is 9.59 Å². The van der Waals surface area contributed by atoms with Crippen LogP contribution in [0.2, 0.25) is 4.34 Å². The first kappa shape index (κ1) is 14.1. The zero-order valence-corrected chi connectivity index (χ0v) is 12.4. The molecule has 3 heterocycles. The van der Waals surface area contributed by atoms with Crippen LogP contribution in [0, 0.1) is 5.92 Å². The molecule has 6 nitrogen and oxygen atoms in total. The van der Waals surface area contributed by atoms with Gasteiger partial charge in [0, 0.05) is 19.2 Å². The van der Waals surface area contributed by atoms with E-state index in [4.69, 9.17) is 21.2 Å². The number of carbonyl (C=O) groups excluding carboxylic acids is 1. The standard InChI is InChI=1S/C13H11ClN2O4S/c14-11-2-1-10(21-11)9-5-8(15-20-9)12(17)16-4-3-7(6-16)13(18)19/h1-2,5,7H,3-4,6H2,(H,18,19). The Morgan fingerprint density at radius 1 is 1.48 bits per heavy atom. The van der Waals surface area contributed by atoms with E-state index < -0.39 is 11.9 Å². The largest absolute Gasteiger partial charge is 0.481 e. The first-order chi connectivity index (χ1) is 10.0. The van der Waals surface area contributed by atoms with Gasteiger partial charge in [-0.25, -0.2) is 0 Å². The van der Waals surface area contributed by atoms with Crippen molar-refractivity contribution in [1.82, 2.24) is 10.1 Å². The van der Waals surface area contributed by atoms with E-state index in [0.29, 0.717) is 23.1 Å². The van der Waals surface area contributed by atoms with Crippen LogP contribution in [0.4, 0.5) is 0 Å². The number of aromatic nitrogens is 1. The minimum absolute atomic E-state index is 0.181. The number of likely N-dealkylation sites (tertiary alicyclic amines) is 1. The third-order valence-electron chi connectivity index (χ3n) is 3.37. The van der Waals surface area contributed by atoms with Crippen LogP contribution in [-0.4, -0.2) is 40.1 Å². The lowest BCUT2D eigenvalue weighted by Gasteiger charge is -2.13. The Morgan fingerprint density at radius 2 is 2.29 bits per heavy atom. The first-order valence-corrected chi connectivity index (χ1v) is 7.48. The van der Waals surface area contributed by atoms with Crippen LogP contribution < -0.4 is 0 Å². The molecule has 0 radical (unpaired) electrons. The molecule has 0 spiro atoms. The molecule has 1 saturated heterocycles. The van der Waals surface area contributed by atoms with Crippen molar-refractivity contribution in [2.75, 3.05) is 13.1 Å². The van der Waals surface area contributed by atoms with Crippen molar-refractivity contribution >= 4 is 34.8 Å². The van der Waals surface area contributed by atoms with Gasteiger partial charge in [-0.2, -0.15) is 0 Å². The van der Waals surface area contributed by atoms with Gasteiger partial charge in [0.05, 0.1) is 15.1 Å². The SMILES string of the molecule is O=C(O)C1CCN(C(=O)c2cc(-c3ccc(Cl)s3)on2)C1. The first-order valence-electron chi connectivity index (χ1n) is 6.29. The van der Waals surface area contributed by atoms with Gasteiger partial charge in [-0.3, -0.25) is 9.59 Å². The Hall–Kier alpha value is -1.86. The predicted octanol–water partition coefficient (Wildman–Crippen LogP) is 2.60. The van der Waals surface area contributed by atoms with Crippen LogP contribution >= 0.6 is 22.9 Å². The molecule has 3 rings (SSSR count). The maximum absolute atomic E-state index is 12.3. The van der Waals surface area contributed by atoms with Gasteiger partial charge in [0.2, 0.25) is 0 Å². The van der Waals surface area contributed by atoms with Crippen LogP contribution in [0.15, 0.2) is 22.7 Å². The van der Waals surface area contributed by atoms with E-state index in [1.807, 2.05) is 0 Å². The van der Waals surface area contributed by atoms with Crippen LogP contribution in [0.1, 0.15) is 16.9 Å². The van der Waals surface area contributed by atoms with Gasteiger partial charge < -0.3 is 14.5 Å². The minimum Gasteiger partial charge on any atom is -0.481 e. The lowest BCUT2D eigenvalue weighted by molar-refractivity contribution is -0.141. The van der Waals surface area contributed by atoms with Crippen molar-refractivity contribution in [3.05, 3.63) is 28.2 Å². The lowest BCUT2D eigenvalue weighted by Crippen LogP contribution is -2.30. The molecule has 1 fully saturated rings. The lowest BCUT2D eigenvalue weighted by atomic mass is 10.1. The number of nitrogens with zero attached hydrogens (tertiary/aromatic N) is 2. The van der Waals surface area contributed by atoms with Crippen molar-refractivity contribution in [2.24, 2.45) is 5.92 Å². The summed E-state index contributed by atoms with van der Waals surface area (Å²) >= 11 is 7.19. The number of thiophene rings is 1.